The summed E-state index contributed by atoms with van der Waals surface area (Å²) in [5.74, 6) is 0. The second kappa shape index (κ2) is 5.80. The zero-order valence-electron chi connectivity index (χ0n) is 12.0. The standard InChI is InChI=1S/C17H20N2S/c1-3-19(4-2)14-11-9-13(10-12-14)17-18-15-7-5-6-8-16(15)20-17/h5-12,17-18H,3-4H2,1-2H3/t17-/m0/s1. The van der Waals surface area contributed by atoms with Gasteiger partial charge in [0.1, 0.15) is 5.37 Å². The van der Waals surface area contributed by atoms with Crippen molar-refractivity contribution < 1.29 is 0 Å². The summed E-state index contributed by atoms with van der Waals surface area (Å²) in [5, 5.41) is 3.91. The van der Waals surface area contributed by atoms with E-state index in [1.165, 1.54) is 21.8 Å². The second-order valence-corrected chi connectivity index (χ2v) is 6.05. The van der Waals surface area contributed by atoms with Crippen LogP contribution in [0.1, 0.15) is 24.8 Å². The summed E-state index contributed by atoms with van der Waals surface area (Å²) in [4.78, 5) is 3.71. The molecule has 1 aliphatic rings. The lowest BCUT2D eigenvalue weighted by Gasteiger charge is -2.21. The summed E-state index contributed by atoms with van der Waals surface area (Å²) in [6.45, 7) is 6.50. The van der Waals surface area contributed by atoms with E-state index in [9.17, 15) is 0 Å². The zero-order valence-corrected chi connectivity index (χ0v) is 12.8. The van der Waals surface area contributed by atoms with Crippen LogP contribution in [0.2, 0.25) is 0 Å². The summed E-state index contributed by atoms with van der Waals surface area (Å²) in [6, 6.07) is 17.4. The lowest BCUT2D eigenvalue weighted by atomic mass is 10.2. The first-order chi connectivity index (χ1) is 9.81. The van der Waals surface area contributed by atoms with E-state index in [1.807, 2.05) is 11.8 Å². The fourth-order valence-corrected chi connectivity index (χ4v) is 3.73. The molecule has 0 saturated heterocycles. The van der Waals surface area contributed by atoms with E-state index in [4.69, 9.17) is 0 Å². The van der Waals surface area contributed by atoms with E-state index in [0.717, 1.165) is 13.1 Å². The number of nitrogens with one attached hydrogen (secondary N) is 1. The Balaban J connectivity index is 1.77. The highest BCUT2D eigenvalue weighted by Gasteiger charge is 2.22. The fourth-order valence-electron chi connectivity index (χ4n) is 2.59. The monoisotopic (exact) mass is 284 g/mol. The Hall–Kier alpha value is -1.61. The molecule has 1 aliphatic heterocycles. The van der Waals surface area contributed by atoms with Crippen LogP contribution in [0.3, 0.4) is 0 Å². The first-order valence-electron chi connectivity index (χ1n) is 7.19. The van der Waals surface area contributed by atoms with Gasteiger partial charge in [-0.3, -0.25) is 0 Å². The molecule has 0 spiro atoms. The Bertz CT molecular complexity index is 551. The van der Waals surface area contributed by atoms with Gasteiger partial charge in [-0.1, -0.05) is 36.0 Å². The van der Waals surface area contributed by atoms with Crippen molar-refractivity contribution in [3.8, 4) is 0 Å². The maximum absolute atomic E-state index is 3.58. The predicted molar refractivity (Wildman–Crippen MR) is 88.7 cm³/mol. The number of anilines is 2. The van der Waals surface area contributed by atoms with Gasteiger partial charge in [0.15, 0.2) is 0 Å². The topological polar surface area (TPSA) is 15.3 Å². The largest absolute Gasteiger partial charge is 0.372 e. The summed E-state index contributed by atoms with van der Waals surface area (Å²) in [7, 11) is 0. The Morgan fingerprint density at radius 3 is 2.35 bits per heavy atom. The van der Waals surface area contributed by atoms with Gasteiger partial charge in [-0.25, -0.2) is 0 Å². The van der Waals surface area contributed by atoms with Gasteiger partial charge in [0.25, 0.3) is 0 Å². The molecule has 3 rings (SSSR count). The molecule has 0 aromatic heterocycles. The molecule has 0 unspecified atom stereocenters. The van der Waals surface area contributed by atoms with Crippen LogP contribution in [0, 0.1) is 0 Å². The Morgan fingerprint density at radius 1 is 1.00 bits per heavy atom. The molecule has 1 N–H and O–H groups in total. The molecular formula is C17H20N2S. The average Bonchev–Trinajstić information content (AvgIpc) is 2.93. The molecule has 20 heavy (non-hydrogen) atoms. The number of fused-ring (bicyclic) bond motifs is 1. The first-order valence-corrected chi connectivity index (χ1v) is 8.07. The van der Waals surface area contributed by atoms with Crippen LogP contribution < -0.4 is 10.2 Å². The number of para-hydroxylation sites is 1. The van der Waals surface area contributed by atoms with E-state index in [2.05, 4.69) is 72.6 Å². The molecule has 2 aromatic carbocycles. The quantitative estimate of drug-likeness (QED) is 0.872. The van der Waals surface area contributed by atoms with Crippen LogP contribution >= 0.6 is 11.8 Å². The molecule has 0 bridgehead atoms. The van der Waals surface area contributed by atoms with Gasteiger partial charge in [-0.05, 0) is 43.7 Å². The minimum Gasteiger partial charge on any atom is -0.372 e. The fraction of sp³-hybridized carbons (Fsp3) is 0.294. The third kappa shape index (κ3) is 2.50. The summed E-state index contributed by atoms with van der Waals surface area (Å²) in [5.41, 5.74) is 3.89. The SMILES string of the molecule is CCN(CC)c1ccc([C@H]2Nc3ccccc3S2)cc1. The molecule has 0 fully saturated rings. The van der Waals surface area contributed by atoms with Crippen LogP contribution in [-0.4, -0.2) is 13.1 Å². The van der Waals surface area contributed by atoms with E-state index in [1.54, 1.807) is 0 Å². The Morgan fingerprint density at radius 2 is 1.70 bits per heavy atom. The van der Waals surface area contributed by atoms with Crippen molar-refractivity contribution in [2.75, 3.05) is 23.3 Å². The van der Waals surface area contributed by atoms with Crippen molar-refractivity contribution in [3.63, 3.8) is 0 Å². The highest BCUT2D eigenvalue weighted by molar-refractivity contribution is 8.00. The molecule has 2 aromatic rings. The van der Waals surface area contributed by atoms with Gasteiger partial charge >= 0.3 is 0 Å². The smallest absolute Gasteiger partial charge is 0.103 e. The van der Waals surface area contributed by atoms with Crippen molar-refractivity contribution in [2.24, 2.45) is 0 Å². The third-order valence-corrected chi connectivity index (χ3v) is 4.98. The Labute approximate surface area is 125 Å². The molecule has 0 aliphatic carbocycles. The van der Waals surface area contributed by atoms with Gasteiger partial charge in [0.2, 0.25) is 0 Å². The molecule has 1 atom stereocenters. The van der Waals surface area contributed by atoms with Crippen molar-refractivity contribution in [3.05, 3.63) is 54.1 Å². The van der Waals surface area contributed by atoms with Crippen LogP contribution in [-0.2, 0) is 0 Å². The van der Waals surface area contributed by atoms with E-state index < -0.39 is 0 Å². The van der Waals surface area contributed by atoms with E-state index in [0.29, 0.717) is 5.37 Å². The number of hydrogen-bond donors (Lipinski definition) is 1. The molecule has 104 valence electrons. The summed E-state index contributed by atoms with van der Waals surface area (Å²) >= 11 is 1.89. The highest BCUT2D eigenvalue weighted by Crippen LogP contribution is 2.46. The molecular weight excluding hydrogens is 264 g/mol. The van der Waals surface area contributed by atoms with Crippen LogP contribution in [0.4, 0.5) is 11.4 Å². The summed E-state index contributed by atoms with van der Waals surface area (Å²) < 4.78 is 0. The minimum atomic E-state index is 0.332. The van der Waals surface area contributed by atoms with Crippen molar-refractivity contribution in [1.82, 2.24) is 0 Å². The zero-order chi connectivity index (χ0) is 13.9. The predicted octanol–water partition coefficient (Wildman–Crippen LogP) is 4.75. The van der Waals surface area contributed by atoms with Crippen LogP contribution in [0.15, 0.2) is 53.4 Å². The molecule has 2 nitrogen and oxygen atoms in total. The third-order valence-electron chi connectivity index (χ3n) is 3.74. The molecule has 0 saturated carbocycles. The number of rotatable bonds is 4. The number of thioether (sulfide) groups is 1. The maximum Gasteiger partial charge on any atom is 0.103 e. The average molecular weight is 284 g/mol. The second-order valence-electron chi connectivity index (χ2n) is 4.90. The van der Waals surface area contributed by atoms with E-state index in [-0.39, 0.29) is 0 Å². The molecule has 1 heterocycles. The number of hydrogen-bond acceptors (Lipinski definition) is 3. The van der Waals surface area contributed by atoms with Crippen molar-refractivity contribution in [1.29, 1.82) is 0 Å². The van der Waals surface area contributed by atoms with Crippen molar-refractivity contribution >= 4 is 23.1 Å². The van der Waals surface area contributed by atoms with Gasteiger partial charge in [0, 0.05) is 29.4 Å². The van der Waals surface area contributed by atoms with E-state index >= 15 is 0 Å². The lowest BCUT2D eigenvalue weighted by Crippen LogP contribution is -2.21. The van der Waals surface area contributed by atoms with Crippen LogP contribution in [0.25, 0.3) is 0 Å². The molecule has 0 amide bonds. The molecule has 0 radical (unpaired) electrons. The van der Waals surface area contributed by atoms with Gasteiger partial charge < -0.3 is 10.2 Å². The minimum absolute atomic E-state index is 0.332. The number of benzene rings is 2. The Kier molecular flexibility index (Phi) is 3.88. The molecule has 3 heteroatoms. The van der Waals surface area contributed by atoms with Crippen LogP contribution in [0.5, 0.6) is 0 Å². The van der Waals surface area contributed by atoms with Gasteiger partial charge in [-0.15, -0.1) is 0 Å². The maximum atomic E-state index is 3.58. The first kappa shape index (κ1) is 13.4. The normalized spacial score (nSPS) is 16.6. The van der Waals surface area contributed by atoms with Crippen molar-refractivity contribution in [2.45, 2.75) is 24.1 Å². The van der Waals surface area contributed by atoms with Gasteiger partial charge in [-0.2, -0.15) is 0 Å². The number of nitrogens with zero attached hydrogens (tertiary/aromatic N) is 1. The summed E-state index contributed by atoms with van der Waals surface area (Å²) in [6.07, 6.45) is 0. The van der Waals surface area contributed by atoms with Gasteiger partial charge in [0.05, 0.1) is 0 Å². The lowest BCUT2D eigenvalue weighted by molar-refractivity contribution is 0.865. The highest BCUT2D eigenvalue weighted by atomic mass is 32.2.